The predicted octanol–water partition coefficient (Wildman–Crippen LogP) is 1.92. The summed E-state index contributed by atoms with van der Waals surface area (Å²) < 4.78 is 1.91. The minimum Gasteiger partial charge on any atom is -0.352 e. The first-order valence-corrected chi connectivity index (χ1v) is 8.24. The third-order valence-electron chi connectivity index (χ3n) is 3.67. The van der Waals surface area contributed by atoms with E-state index in [0.29, 0.717) is 13.1 Å². The average Bonchev–Trinajstić information content (AvgIpc) is 3.06. The van der Waals surface area contributed by atoms with Gasteiger partial charge in [-0.25, -0.2) is 4.98 Å². The van der Waals surface area contributed by atoms with Gasteiger partial charge in [0.05, 0.1) is 12.2 Å². The fraction of sp³-hybridized carbons (Fsp3) is 0.533. The van der Waals surface area contributed by atoms with Crippen LogP contribution < -0.4 is 10.6 Å². The third-order valence-corrected chi connectivity index (χ3v) is 4.81. The Labute approximate surface area is 135 Å². The van der Waals surface area contributed by atoms with E-state index < -0.39 is 0 Å². The van der Waals surface area contributed by atoms with Gasteiger partial charge in [-0.2, -0.15) is 5.10 Å². The second-order valence-electron chi connectivity index (χ2n) is 5.13. The van der Waals surface area contributed by atoms with Gasteiger partial charge in [0.1, 0.15) is 5.01 Å². The van der Waals surface area contributed by atoms with Crippen LogP contribution in [0.25, 0.3) is 0 Å². The first-order valence-electron chi connectivity index (χ1n) is 7.42. The maximum absolute atomic E-state index is 4.43. The van der Waals surface area contributed by atoms with Gasteiger partial charge in [-0.3, -0.25) is 9.67 Å². The molecule has 0 fully saturated rings. The van der Waals surface area contributed by atoms with Gasteiger partial charge >= 0.3 is 0 Å². The Kier molecular flexibility index (Phi) is 5.54. The molecule has 0 atom stereocenters. The summed E-state index contributed by atoms with van der Waals surface area (Å²) in [5, 5.41) is 12.1. The molecule has 0 aliphatic rings. The van der Waals surface area contributed by atoms with E-state index in [1.807, 2.05) is 24.9 Å². The number of aryl methyl sites for hydroxylation is 3. The minimum absolute atomic E-state index is 0.690. The molecule has 2 aromatic rings. The number of aromatic nitrogens is 3. The van der Waals surface area contributed by atoms with Crippen LogP contribution in [0.15, 0.2) is 11.2 Å². The number of guanidine groups is 1. The Morgan fingerprint density at radius 3 is 2.59 bits per heavy atom. The van der Waals surface area contributed by atoms with Crippen molar-refractivity contribution in [2.75, 3.05) is 7.05 Å². The fourth-order valence-corrected chi connectivity index (χ4v) is 3.02. The maximum atomic E-state index is 4.43. The maximum Gasteiger partial charge on any atom is 0.191 e. The highest BCUT2D eigenvalue weighted by molar-refractivity contribution is 7.11. The van der Waals surface area contributed by atoms with Gasteiger partial charge in [-0.1, -0.05) is 6.92 Å². The smallest absolute Gasteiger partial charge is 0.191 e. The second kappa shape index (κ2) is 7.40. The quantitative estimate of drug-likeness (QED) is 0.652. The van der Waals surface area contributed by atoms with Crippen molar-refractivity contribution in [1.29, 1.82) is 0 Å². The summed E-state index contributed by atoms with van der Waals surface area (Å²) >= 11 is 1.74. The zero-order chi connectivity index (χ0) is 16.1. The molecule has 6 nitrogen and oxygen atoms in total. The highest BCUT2D eigenvalue weighted by atomic mass is 32.1. The van der Waals surface area contributed by atoms with Gasteiger partial charge in [-0.15, -0.1) is 11.3 Å². The second-order valence-corrected chi connectivity index (χ2v) is 6.33. The SMILES string of the molecule is CCc1cnc(CNC(=NC)NCc2c(C)nn(C)c2C)s1. The Morgan fingerprint density at radius 2 is 2.05 bits per heavy atom. The van der Waals surface area contributed by atoms with E-state index in [1.54, 1.807) is 18.4 Å². The Balaban J connectivity index is 1.90. The molecular formula is C15H24N6S. The average molecular weight is 320 g/mol. The Hall–Kier alpha value is -1.89. The molecule has 120 valence electrons. The lowest BCUT2D eigenvalue weighted by Gasteiger charge is -2.11. The lowest BCUT2D eigenvalue weighted by Crippen LogP contribution is -2.36. The Bertz CT molecular complexity index is 655. The summed E-state index contributed by atoms with van der Waals surface area (Å²) in [7, 11) is 3.74. The molecule has 0 aliphatic heterocycles. The zero-order valence-electron chi connectivity index (χ0n) is 13.9. The van der Waals surface area contributed by atoms with Crippen LogP contribution in [-0.2, 0) is 26.6 Å². The lowest BCUT2D eigenvalue weighted by atomic mass is 10.2. The summed E-state index contributed by atoms with van der Waals surface area (Å²) in [6, 6.07) is 0. The van der Waals surface area contributed by atoms with Crippen LogP contribution in [-0.4, -0.2) is 27.8 Å². The molecular weight excluding hydrogens is 296 g/mol. The summed E-state index contributed by atoms with van der Waals surface area (Å²) in [6.07, 6.45) is 2.98. The van der Waals surface area contributed by atoms with Crippen molar-refractivity contribution >= 4 is 17.3 Å². The van der Waals surface area contributed by atoms with E-state index in [2.05, 4.69) is 39.6 Å². The van der Waals surface area contributed by atoms with E-state index >= 15 is 0 Å². The lowest BCUT2D eigenvalue weighted by molar-refractivity contribution is 0.728. The van der Waals surface area contributed by atoms with Gasteiger partial charge in [0, 0.05) is 43.0 Å². The van der Waals surface area contributed by atoms with E-state index in [4.69, 9.17) is 0 Å². The van der Waals surface area contributed by atoms with Crippen molar-refractivity contribution in [1.82, 2.24) is 25.4 Å². The molecule has 0 spiro atoms. The first kappa shape index (κ1) is 16.5. The van der Waals surface area contributed by atoms with Crippen molar-refractivity contribution in [3.8, 4) is 0 Å². The van der Waals surface area contributed by atoms with Crippen LogP contribution in [0.2, 0.25) is 0 Å². The van der Waals surface area contributed by atoms with Crippen LogP contribution in [0.1, 0.15) is 33.8 Å². The number of hydrogen-bond acceptors (Lipinski definition) is 4. The van der Waals surface area contributed by atoms with E-state index in [1.165, 1.54) is 16.1 Å². The van der Waals surface area contributed by atoms with Crippen LogP contribution >= 0.6 is 11.3 Å². The van der Waals surface area contributed by atoms with Gasteiger partial charge in [0.2, 0.25) is 0 Å². The molecule has 7 heteroatoms. The van der Waals surface area contributed by atoms with Crippen molar-refractivity contribution in [2.24, 2.45) is 12.0 Å². The predicted molar refractivity (Wildman–Crippen MR) is 91.2 cm³/mol. The zero-order valence-corrected chi connectivity index (χ0v) is 14.7. The van der Waals surface area contributed by atoms with E-state index in [9.17, 15) is 0 Å². The topological polar surface area (TPSA) is 67.1 Å². The highest BCUT2D eigenvalue weighted by Gasteiger charge is 2.10. The molecule has 2 rings (SSSR count). The molecule has 2 aromatic heterocycles. The molecule has 2 N–H and O–H groups in total. The summed E-state index contributed by atoms with van der Waals surface area (Å²) in [6.45, 7) is 7.65. The van der Waals surface area contributed by atoms with Crippen molar-refractivity contribution < 1.29 is 0 Å². The van der Waals surface area contributed by atoms with Gasteiger partial charge in [0.25, 0.3) is 0 Å². The van der Waals surface area contributed by atoms with Crippen molar-refractivity contribution in [3.05, 3.63) is 33.0 Å². The van der Waals surface area contributed by atoms with E-state index in [0.717, 1.165) is 23.1 Å². The number of nitrogens with one attached hydrogen (secondary N) is 2. The summed E-state index contributed by atoms with van der Waals surface area (Å²) in [5.74, 6) is 0.774. The summed E-state index contributed by atoms with van der Waals surface area (Å²) in [5.41, 5.74) is 3.44. The molecule has 0 bridgehead atoms. The standard InChI is InChI=1S/C15H24N6S/c1-6-12-7-17-14(22-12)9-19-15(16-4)18-8-13-10(2)20-21(5)11(13)3/h7H,6,8-9H2,1-5H3,(H2,16,18,19). The van der Waals surface area contributed by atoms with Crippen LogP contribution in [0.5, 0.6) is 0 Å². The normalized spacial score (nSPS) is 11.8. The number of nitrogens with zero attached hydrogens (tertiary/aromatic N) is 4. The number of aliphatic imine (C=N–C) groups is 1. The minimum atomic E-state index is 0.690. The highest BCUT2D eigenvalue weighted by Crippen LogP contribution is 2.13. The summed E-state index contributed by atoms with van der Waals surface area (Å²) in [4.78, 5) is 9.97. The number of thiazole rings is 1. The molecule has 0 aromatic carbocycles. The van der Waals surface area contributed by atoms with Crippen LogP contribution in [0, 0.1) is 13.8 Å². The van der Waals surface area contributed by atoms with Gasteiger partial charge < -0.3 is 10.6 Å². The Morgan fingerprint density at radius 1 is 1.32 bits per heavy atom. The molecule has 0 saturated heterocycles. The molecule has 0 aliphatic carbocycles. The first-order chi connectivity index (χ1) is 10.5. The largest absolute Gasteiger partial charge is 0.352 e. The number of hydrogen-bond donors (Lipinski definition) is 2. The molecule has 0 saturated carbocycles. The molecule has 0 radical (unpaired) electrons. The van der Waals surface area contributed by atoms with Crippen molar-refractivity contribution in [3.63, 3.8) is 0 Å². The monoisotopic (exact) mass is 320 g/mol. The molecule has 22 heavy (non-hydrogen) atoms. The third kappa shape index (κ3) is 3.85. The number of rotatable bonds is 5. The van der Waals surface area contributed by atoms with E-state index in [-0.39, 0.29) is 0 Å². The van der Waals surface area contributed by atoms with Crippen molar-refractivity contribution in [2.45, 2.75) is 40.3 Å². The van der Waals surface area contributed by atoms with Crippen LogP contribution in [0.3, 0.4) is 0 Å². The fourth-order valence-electron chi connectivity index (χ4n) is 2.22. The van der Waals surface area contributed by atoms with Gasteiger partial charge in [0.15, 0.2) is 5.96 Å². The molecule has 0 amide bonds. The molecule has 0 unspecified atom stereocenters. The molecule has 2 heterocycles. The van der Waals surface area contributed by atoms with Gasteiger partial charge in [-0.05, 0) is 20.3 Å². The van der Waals surface area contributed by atoms with Crippen LogP contribution in [0.4, 0.5) is 0 Å².